The Morgan fingerprint density at radius 1 is 1.15 bits per heavy atom. The van der Waals surface area contributed by atoms with Gasteiger partial charge in [-0.2, -0.15) is 0 Å². The monoisotopic (exact) mass is 382 g/mol. The minimum Gasteiger partial charge on any atom is -0.482 e. The lowest BCUT2D eigenvalue weighted by atomic mass is 10.2. The summed E-state index contributed by atoms with van der Waals surface area (Å²) in [6.45, 7) is 1.93. The molecule has 0 radical (unpaired) electrons. The largest absolute Gasteiger partial charge is 0.482 e. The molecule has 1 N–H and O–H groups in total. The Morgan fingerprint density at radius 2 is 1.89 bits per heavy atom. The van der Waals surface area contributed by atoms with Gasteiger partial charge in [0.2, 0.25) is 0 Å². The van der Waals surface area contributed by atoms with Crippen LogP contribution in [-0.4, -0.2) is 30.3 Å². The van der Waals surface area contributed by atoms with Crippen LogP contribution in [0.5, 0.6) is 5.75 Å². The number of hydrogen-bond acceptors (Lipinski definition) is 6. The van der Waals surface area contributed by atoms with Gasteiger partial charge in [-0.15, -0.1) is 0 Å². The first kappa shape index (κ1) is 18.7. The van der Waals surface area contributed by atoms with Crippen molar-refractivity contribution < 1.29 is 19.1 Å². The topological polar surface area (TPSA) is 77.0 Å². The number of benzene rings is 2. The zero-order chi connectivity index (χ0) is 19.1. The predicted octanol–water partition coefficient (Wildman–Crippen LogP) is 3.52. The molecule has 0 aliphatic carbocycles. The molecule has 0 unspecified atom stereocenters. The fourth-order valence-electron chi connectivity index (χ4n) is 2.26. The maximum absolute atomic E-state index is 12.1. The Labute approximate surface area is 161 Å². The number of para-hydroxylation sites is 1. The fraction of sp³-hybridized carbons (Fsp3) is 0.150. The van der Waals surface area contributed by atoms with Crippen molar-refractivity contribution in [3.8, 4) is 5.75 Å². The number of aliphatic imine (C=N–C) groups is 1. The van der Waals surface area contributed by atoms with Gasteiger partial charge in [-0.3, -0.25) is 4.79 Å². The molecule has 27 heavy (non-hydrogen) atoms. The van der Waals surface area contributed by atoms with Crippen LogP contribution in [0.4, 0.5) is 5.69 Å². The van der Waals surface area contributed by atoms with Crippen molar-refractivity contribution in [1.29, 1.82) is 0 Å². The normalized spacial score (nSPS) is 16.4. The van der Waals surface area contributed by atoms with Gasteiger partial charge in [-0.1, -0.05) is 30.3 Å². The number of esters is 1. The Bertz CT molecular complexity index is 877. The molecule has 7 heteroatoms. The van der Waals surface area contributed by atoms with Crippen LogP contribution >= 0.6 is 11.8 Å². The number of nitrogens with zero attached hydrogens (tertiary/aromatic N) is 1. The maximum Gasteiger partial charge on any atom is 0.344 e. The second kappa shape index (κ2) is 9.05. The summed E-state index contributed by atoms with van der Waals surface area (Å²) in [7, 11) is 0. The van der Waals surface area contributed by atoms with Crippen LogP contribution in [0.15, 0.2) is 64.5 Å². The van der Waals surface area contributed by atoms with Gasteiger partial charge >= 0.3 is 5.97 Å². The Kier molecular flexibility index (Phi) is 6.27. The molecular formula is C20H18N2O4S. The zero-order valence-electron chi connectivity index (χ0n) is 14.7. The van der Waals surface area contributed by atoms with E-state index in [1.165, 1.54) is 11.8 Å². The van der Waals surface area contributed by atoms with Crippen LogP contribution in [0, 0.1) is 0 Å². The van der Waals surface area contributed by atoms with Crippen LogP contribution < -0.4 is 10.1 Å². The average Bonchev–Trinajstić information content (AvgIpc) is 3.01. The highest BCUT2D eigenvalue weighted by molar-refractivity contribution is 8.18. The Balaban J connectivity index is 1.63. The minimum absolute atomic E-state index is 0.133. The molecule has 3 rings (SSSR count). The molecular weight excluding hydrogens is 364 g/mol. The van der Waals surface area contributed by atoms with E-state index < -0.39 is 5.97 Å². The van der Waals surface area contributed by atoms with Gasteiger partial charge in [0.1, 0.15) is 5.75 Å². The first-order valence-electron chi connectivity index (χ1n) is 8.37. The third kappa shape index (κ3) is 5.46. The third-order valence-electron chi connectivity index (χ3n) is 3.48. The first-order valence-corrected chi connectivity index (χ1v) is 9.19. The van der Waals surface area contributed by atoms with E-state index in [4.69, 9.17) is 9.47 Å². The molecule has 0 saturated carbocycles. The lowest BCUT2D eigenvalue weighted by molar-refractivity contribution is -0.145. The van der Waals surface area contributed by atoms with Crippen molar-refractivity contribution in [3.63, 3.8) is 0 Å². The number of ether oxygens (including phenoxy) is 2. The van der Waals surface area contributed by atoms with Gasteiger partial charge in [0.05, 0.1) is 17.2 Å². The minimum atomic E-state index is -0.409. The van der Waals surface area contributed by atoms with E-state index in [1.54, 1.807) is 25.1 Å². The standard InChI is InChI=1S/C20H18N2O4S/c1-2-25-18(23)13-26-16-10-8-14(9-11-16)12-17-19(24)22-20(27-17)21-15-6-4-3-5-7-15/h3-12H,2,13H2,1H3,(H,21,22,24)/b17-12-. The Hall–Kier alpha value is -3.06. The third-order valence-corrected chi connectivity index (χ3v) is 4.39. The molecule has 0 atom stereocenters. The number of hydrogen-bond donors (Lipinski definition) is 1. The number of amides is 1. The summed E-state index contributed by atoms with van der Waals surface area (Å²) in [5.74, 6) is -0.0367. The second-order valence-corrected chi connectivity index (χ2v) is 6.51. The summed E-state index contributed by atoms with van der Waals surface area (Å²) in [5, 5.41) is 3.31. The molecule has 1 saturated heterocycles. The molecule has 1 aliphatic heterocycles. The molecule has 0 bridgehead atoms. The van der Waals surface area contributed by atoms with E-state index in [2.05, 4.69) is 10.3 Å². The summed E-state index contributed by atoms with van der Waals surface area (Å²) in [5.41, 5.74) is 1.63. The number of rotatable bonds is 6. The van der Waals surface area contributed by atoms with E-state index in [0.717, 1.165) is 11.3 Å². The first-order chi connectivity index (χ1) is 13.1. The van der Waals surface area contributed by atoms with Crippen molar-refractivity contribution in [2.24, 2.45) is 4.99 Å². The van der Waals surface area contributed by atoms with Crippen molar-refractivity contribution in [3.05, 3.63) is 65.1 Å². The van der Waals surface area contributed by atoms with Gasteiger partial charge < -0.3 is 14.8 Å². The van der Waals surface area contributed by atoms with E-state index >= 15 is 0 Å². The predicted molar refractivity (Wildman–Crippen MR) is 106 cm³/mol. The van der Waals surface area contributed by atoms with E-state index in [-0.39, 0.29) is 12.5 Å². The zero-order valence-corrected chi connectivity index (χ0v) is 15.5. The number of carbonyl (C=O) groups is 2. The van der Waals surface area contributed by atoms with Crippen LogP contribution in [0.2, 0.25) is 0 Å². The summed E-state index contributed by atoms with van der Waals surface area (Å²) in [4.78, 5) is 28.4. The van der Waals surface area contributed by atoms with E-state index in [1.807, 2.05) is 42.5 Å². The smallest absolute Gasteiger partial charge is 0.344 e. The van der Waals surface area contributed by atoms with E-state index in [0.29, 0.717) is 22.4 Å². The van der Waals surface area contributed by atoms with Crippen molar-refractivity contribution in [2.75, 3.05) is 13.2 Å². The van der Waals surface area contributed by atoms with Crippen LogP contribution in [-0.2, 0) is 14.3 Å². The molecule has 6 nitrogen and oxygen atoms in total. The lowest BCUT2D eigenvalue weighted by Gasteiger charge is -2.05. The number of thioether (sulfide) groups is 1. The highest BCUT2D eigenvalue weighted by Gasteiger charge is 2.23. The molecule has 1 heterocycles. The summed E-state index contributed by atoms with van der Waals surface area (Å²) in [6, 6.07) is 16.5. The van der Waals surface area contributed by atoms with E-state index in [9.17, 15) is 9.59 Å². The molecule has 1 amide bonds. The van der Waals surface area contributed by atoms with Crippen molar-refractivity contribution >= 4 is 40.6 Å². The summed E-state index contributed by atoms with van der Waals surface area (Å²) in [6.07, 6.45) is 1.78. The molecule has 1 aliphatic rings. The molecule has 1 fully saturated rings. The molecule has 0 aromatic heterocycles. The average molecular weight is 382 g/mol. The van der Waals surface area contributed by atoms with Gasteiger partial charge in [0.15, 0.2) is 11.8 Å². The number of carbonyl (C=O) groups excluding carboxylic acids is 2. The number of amidine groups is 1. The van der Waals surface area contributed by atoms with Crippen molar-refractivity contribution in [2.45, 2.75) is 6.92 Å². The maximum atomic E-state index is 12.1. The molecule has 2 aromatic rings. The quantitative estimate of drug-likeness (QED) is 0.611. The van der Waals surface area contributed by atoms with Gasteiger partial charge in [0, 0.05) is 0 Å². The van der Waals surface area contributed by atoms with Crippen LogP contribution in [0.25, 0.3) is 6.08 Å². The lowest BCUT2D eigenvalue weighted by Crippen LogP contribution is -2.19. The highest BCUT2D eigenvalue weighted by atomic mass is 32.2. The molecule has 138 valence electrons. The van der Waals surface area contributed by atoms with Gasteiger partial charge in [0.25, 0.3) is 5.91 Å². The fourth-order valence-corrected chi connectivity index (χ4v) is 3.10. The number of nitrogens with one attached hydrogen (secondary N) is 1. The highest BCUT2D eigenvalue weighted by Crippen LogP contribution is 2.28. The van der Waals surface area contributed by atoms with Crippen molar-refractivity contribution in [1.82, 2.24) is 5.32 Å². The summed E-state index contributed by atoms with van der Waals surface area (Å²) < 4.78 is 10.2. The summed E-state index contributed by atoms with van der Waals surface area (Å²) >= 11 is 1.29. The van der Waals surface area contributed by atoms with Gasteiger partial charge in [-0.05, 0) is 54.6 Å². The van der Waals surface area contributed by atoms with Crippen LogP contribution in [0.3, 0.4) is 0 Å². The Morgan fingerprint density at radius 3 is 2.59 bits per heavy atom. The molecule has 2 aromatic carbocycles. The second-order valence-electron chi connectivity index (χ2n) is 5.48. The van der Waals surface area contributed by atoms with Crippen LogP contribution in [0.1, 0.15) is 12.5 Å². The SMILES string of the molecule is CCOC(=O)COc1ccc(/C=C2\SC(=Nc3ccccc3)NC2=O)cc1. The van der Waals surface area contributed by atoms with Gasteiger partial charge in [-0.25, -0.2) is 9.79 Å². The molecule has 0 spiro atoms.